The van der Waals surface area contributed by atoms with Crippen LogP contribution in [-0.2, 0) is 19.1 Å². The van der Waals surface area contributed by atoms with Crippen LogP contribution in [0.1, 0.15) is 20.3 Å². The summed E-state index contributed by atoms with van der Waals surface area (Å²) in [5.74, 6) is -5.30. The highest BCUT2D eigenvalue weighted by Gasteiger charge is 2.54. The normalized spacial score (nSPS) is 27.9. The van der Waals surface area contributed by atoms with Crippen molar-refractivity contribution in [3.05, 3.63) is 0 Å². The van der Waals surface area contributed by atoms with Crippen LogP contribution in [0.25, 0.3) is 0 Å². The summed E-state index contributed by atoms with van der Waals surface area (Å²) in [4.78, 5) is 38.7. The second kappa shape index (κ2) is 9.48. The van der Waals surface area contributed by atoms with Gasteiger partial charge in [-0.3, -0.25) is 14.4 Å². The highest BCUT2D eigenvalue weighted by atomic mass is 16.5. The van der Waals surface area contributed by atoms with Gasteiger partial charge in [0.1, 0.15) is 18.3 Å². The first-order valence-electron chi connectivity index (χ1n) is 8.22. The Bertz CT molecular complexity index is 594. The zero-order valence-corrected chi connectivity index (χ0v) is 15.0. The lowest BCUT2D eigenvalue weighted by molar-refractivity contribution is -0.159. The lowest BCUT2D eigenvalue weighted by atomic mass is 9.85. The minimum absolute atomic E-state index is 0.131. The molecule has 27 heavy (non-hydrogen) atoms. The van der Waals surface area contributed by atoms with Crippen molar-refractivity contribution in [1.29, 1.82) is 0 Å². The second-order valence-electron chi connectivity index (χ2n) is 6.42. The van der Waals surface area contributed by atoms with E-state index in [1.165, 1.54) is 0 Å². The van der Waals surface area contributed by atoms with Crippen molar-refractivity contribution in [1.82, 2.24) is 5.32 Å². The fourth-order valence-electron chi connectivity index (χ4n) is 3.40. The molecule has 1 aliphatic carbocycles. The van der Waals surface area contributed by atoms with E-state index in [-0.39, 0.29) is 12.4 Å². The number of nitrogens with two attached hydrogens (primary N) is 2. The standard InChI is InChI=1S/C15H26N4O8/c1-5(21)18-11(12(24)9(23)4-20)10-8(19-15(16)17)3-7(14(25)26)13(10)27-6(2)22/h7-13,20,23-24H,3-4H2,1-2H3,(H,18,21)(H,25,26)(H4,16,17,19)/t7-,8+,9-,10+,11-,12-,13+/m0/s1. The number of aliphatic hydroxyl groups excluding tert-OH is 3. The number of carboxylic acid groups (broad SMARTS) is 1. The zero-order chi connectivity index (χ0) is 20.9. The molecular weight excluding hydrogens is 364 g/mol. The Labute approximate surface area is 155 Å². The molecular formula is C15H26N4O8. The van der Waals surface area contributed by atoms with E-state index in [9.17, 15) is 29.7 Å². The lowest BCUT2D eigenvalue weighted by Crippen LogP contribution is -2.57. The Hall–Kier alpha value is -2.44. The van der Waals surface area contributed by atoms with Gasteiger partial charge in [0.15, 0.2) is 5.96 Å². The van der Waals surface area contributed by atoms with Crippen LogP contribution >= 0.6 is 0 Å². The van der Waals surface area contributed by atoms with E-state index >= 15 is 0 Å². The molecule has 0 unspecified atom stereocenters. The molecule has 0 aliphatic heterocycles. The highest BCUT2D eigenvalue weighted by molar-refractivity contribution is 5.77. The molecule has 1 aliphatic rings. The van der Waals surface area contributed by atoms with Crippen LogP contribution in [-0.4, -0.2) is 81.2 Å². The molecule has 0 saturated heterocycles. The van der Waals surface area contributed by atoms with Crippen LogP contribution in [0.15, 0.2) is 4.99 Å². The van der Waals surface area contributed by atoms with Crippen LogP contribution in [0.2, 0.25) is 0 Å². The third-order valence-corrected chi connectivity index (χ3v) is 4.38. The maximum Gasteiger partial charge on any atom is 0.310 e. The Balaban J connectivity index is 3.45. The topological polar surface area (TPSA) is 218 Å². The summed E-state index contributed by atoms with van der Waals surface area (Å²) in [7, 11) is 0. The number of hydrogen-bond acceptors (Lipinski definition) is 8. The van der Waals surface area contributed by atoms with Crippen LogP contribution in [0.3, 0.4) is 0 Å². The van der Waals surface area contributed by atoms with Crippen LogP contribution in [0, 0.1) is 11.8 Å². The molecule has 0 spiro atoms. The van der Waals surface area contributed by atoms with Gasteiger partial charge in [-0.2, -0.15) is 0 Å². The third kappa shape index (κ3) is 5.77. The summed E-state index contributed by atoms with van der Waals surface area (Å²) in [6.45, 7) is 1.40. The number of aliphatic imine (C=N–C) groups is 1. The molecule has 0 radical (unpaired) electrons. The number of carboxylic acids is 1. The van der Waals surface area contributed by atoms with Gasteiger partial charge in [-0.25, -0.2) is 4.99 Å². The summed E-state index contributed by atoms with van der Waals surface area (Å²) in [6, 6.07) is -2.23. The second-order valence-corrected chi connectivity index (χ2v) is 6.42. The number of nitrogens with zero attached hydrogens (tertiary/aromatic N) is 1. The van der Waals surface area contributed by atoms with Gasteiger partial charge in [-0.15, -0.1) is 0 Å². The molecule has 12 nitrogen and oxygen atoms in total. The Kier molecular flexibility index (Phi) is 7.94. The molecule has 1 saturated carbocycles. The van der Waals surface area contributed by atoms with Gasteiger partial charge < -0.3 is 41.9 Å². The summed E-state index contributed by atoms with van der Waals surface area (Å²) in [5.41, 5.74) is 10.8. The van der Waals surface area contributed by atoms with E-state index in [0.29, 0.717) is 0 Å². The molecule has 12 heteroatoms. The SMILES string of the molecule is CC(=O)N[C@H]([C@@H](O)[C@@H](O)CO)[C@@H]1[C@H](OC(C)=O)[C@@H](C(=O)O)C[C@H]1N=C(N)N. The predicted molar refractivity (Wildman–Crippen MR) is 91.1 cm³/mol. The molecule has 1 rings (SSSR count). The van der Waals surface area contributed by atoms with Crippen molar-refractivity contribution < 1.29 is 39.5 Å². The van der Waals surface area contributed by atoms with Gasteiger partial charge in [-0.05, 0) is 6.42 Å². The monoisotopic (exact) mass is 390 g/mol. The molecule has 7 atom stereocenters. The van der Waals surface area contributed by atoms with E-state index in [4.69, 9.17) is 21.3 Å². The molecule has 1 amide bonds. The molecule has 0 aromatic heterocycles. The van der Waals surface area contributed by atoms with E-state index in [1.54, 1.807) is 0 Å². The van der Waals surface area contributed by atoms with Crippen molar-refractivity contribution in [2.24, 2.45) is 28.3 Å². The molecule has 154 valence electrons. The summed E-state index contributed by atoms with van der Waals surface area (Å²) >= 11 is 0. The van der Waals surface area contributed by atoms with Crippen LogP contribution in [0.4, 0.5) is 0 Å². The quantitative estimate of drug-likeness (QED) is 0.123. The Morgan fingerprint density at radius 2 is 1.85 bits per heavy atom. The summed E-state index contributed by atoms with van der Waals surface area (Å²) in [5, 5.41) is 41.2. The van der Waals surface area contributed by atoms with Crippen molar-refractivity contribution in [3.8, 4) is 0 Å². The number of ether oxygens (including phenoxy) is 1. The predicted octanol–water partition coefficient (Wildman–Crippen LogP) is -3.50. The minimum Gasteiger partial charge on any atom is -0.481 e. The molecule has 0 aromatic carbocycles. The van der Waals surface area contributed by atoms with Gasteiger partial charge in [0.05, 0.1) is 24.6 Å². The van der Waals surface area contributed by atoms with Gasteiger partial charge in [0.2, 0.25) is 5.91 Å². The first-order valence-corrected chi connectivity index (χ1v) is 8.22. The van der Waals surface area contributed by atoms with Gasteiger partial charge in [0.25, 0.3) is 0 Å². The number of amides is 1. The smallest absolute Gasteiger partial charge is 0.310 e. The van der Waals surface area contributed by atoms with Crippen molar-refractivity contribution >= 4 is 23.8 Å². The Morgan fingerprint density at radius 3 is 2.26 bits per heavy atom. The fourth-order valence-corrected chi connectivity index (χ4v) is 3.40. The highest BCUT2D eigenvalue weighted by Crippen LogP contribution is 2.39. The van der Waals surface area contributed by atoms with Gasteiger partial charge in [-0.1, -0.05) is 0 Å². The number of guanidine groups is 1. The van der Waals surface area contributed by atoms with E-state index in [1.807, 2.05) is 0 Å². The first-order chi connectivity index (χ1) is 12.5. The van der Waals surface area contributed by atoms with E-state index in [2.05, 4.69) is 10.3 Å². The van der Waals surface area contributed by atoms with E-state index < -0.39 is 66.7 Å². The largest absolute Gasteiger partial charge is 0.481 e. The van der Waals surface area contributed by atoms with Crippen LogP contribution < -0.4 is 16.8 Å². The minimum atomic E-state index is -1.70. The molecule has 9 N–H and O–H groups in total. The maximum absolute atomic E-state index is 11.6. The molecule has 0 bridgehead atoms. The van der Waals surface area contributed by atoms with Gasteiger partial charge in [0, 0.05) is 19.8 Å². The lowest BCUT2D eigenvalue weighted by Gasteiger charge is -2.36. The summed E-state index contributed by atoms with van der Waals surface area (Å²) in [6.07, 6.45) is -4.77. The number of nitrogens with one attached hydrogen (secondary N) is 1. The number of rotatable bonds is 8. The summed E-state index contributed by atoms with van der Waals surface area (Å²) < 4.78 is 5.16. The zero-order valence-electron chi connectivity index (χ0n) is 15.0. The number of carbonyl (C=O) groups excluding carboxylic acids is 2. The van der Waals surface area contributed by atoms with Crippen LogP contribution in [0.5, 0.6) is 0 Å². The molecule has 1 fully saturated rings. The average molecular weight is 390 g/mol. The Morgan fingerprint density at radius 1 is 1.26 bits per heavy atom. The van der Waals surface area contributed by atoms with E-state index in [0.717, 1.165) is 13.8 Å². The van der Waals surface area contributed by atoms with Crippen molar-refractivity contribution in [2.45, 2.75) is 50.7 Å². The number of aliphatic carboxylic acids is 1. The molecule has 0 heterocycles. The number of hydrogen-bond donors (Lipinski definition) is 7. The van der Waals surface area contributed by atoms with Gasteiger partial charge >= 0.3 is 11.9 Å². The average Bonchev–Trinajstić information content (AvgIpc) is 2.87. The first kappa shape index (κ1) is 22.6. The molecule has 0 aromatic rings. The number of carbonyl (C=O) groups is 3. The van der Waals surface area contributed by atoms with Crippen molar-refractivity contribution in [2.75, 3.05) is 6.61 Å². The number of esters is 1. The number of aliphatic hydroxyl groups is 3. The third-order valence-electron chi connectivity index (χ3n) is 4.38. The maximum atomic E-state index is 11.6. The van der Waals surface area contributed by atoms with Crippen molar-refractivity contribution in [3.63, 3.8) is 0 Å². The fraction of sp³-hybridized carbons (Fsp3) is 0.733.